The Morgan fingerprint density at radius 2 is 2.10 bits per heavy atom. The molecule has 1 N–H and O–H groups in total. The fourth-order valence-electron chi connectivity index (χ4n) is 1.56. The first-order valence-corrected chi connectivity index (χ1v) is 7.28. The van der Waals surface area contributed by atoms with E-state index in [1.54, 1.807) is 18.2 Å². The maximum absolute atomic E-state index is 11.3. The molecule has 2 aromatic rings. The van der Waals surface area contributed by atoms with E-state index in [2.05, 4.69) is 25.9 Å². The molecule has 0 amide bonds. The normalized spacial score (nSPS) is 10.7. The van der Waals surface area contributed by atoms with Gasteiger partial charge in [-0.15, -0.1) is 0 Å². The molecule has 0 spiro atoms. The lowest BCUT2D eigenvalue weighted by Gasteiger charge is -2.11. The van der Waals surface area contributed by atoms with E-state index in [0.717, 1.165) is 4.47 Å². The lowest BCUT2D eigenvalue weighted by molar-refractivity contribution is 0.0686. The summed E-state index contributed by atoms with van der Waals surface area (Å²) in [5.41, 5.74) is -0.190. The Morgan fingerprint density at radius 1 is 1.38 bits per heavy atom. The van der Waals surface area contributed by atoms with Crippen molar-refractivity contribution in [3.8, 4) is 11.5 Å². The summed E-state index contributed by atoms with van der Waals surface area (Å²) in [6.45, 7) is 3.76. The molecule has 110 valence electrons. The molecular formula is C14H12BrClN2O3. The van der Waals surface area contributed by atoms with Gasteiger partial charge in [0.15, 0.2) is 11.4 Å². The van der Waals surface area contributed by atoms with Crippen molar-refractivity contribution in [2.75, 3.05) is 0 Å². The number of hydrogen-bond donors (Lipinski definition) is 1. The minimum atomic E-state index is -1.18. The second-order valence-corrected chi connectivity index (χ2v) is 5.90. The highest BCUT2D eigenvalue weighted by molar-refractivity contribution is 9.10. The predicted molar refractivity (Wildman–Crippen MR) is 82.3 cm³/mol. The van der Waals surface area contributed by atoms with Gasteiger partial charge in [0.2, 0.25) is 0 Å². The van der Waals surface area contributed by atoms with Crippen molar-refractivity contribution in [1.82, 2.24) is 9.97 Å². The molecule has 0 unspecified atom stereocenters. The number of nitrogens with zero attached hydrogens (tertiary/aromatic N) is 2. The molecule has 0 radical (unpaired) electrons. The van der Waals surface area contributed by atoms with E-state index >= 15 is 0 Å². The topological polar surface area (TPSA) is 72.3 Å². The van der Waals surface area contributed by atoms with Crippen molar-refractivity contribution < 1.29 is 14.6 Å². The Hall–Kier alpha value is -1.66. The molecule has 0 saturated heterocycles. The molecule has 0 atom stereocenters. The molecule has 0 aliphatic heterocycles. The van der Waals surface area contributed by atoms with Gasteiger partial charge in [0.25, 0.3) is 0 Å². The smallest absolute Gasteiger partial charge is 0.358 e. The highest BCUT2D eigenvalue weighted by Crippen LogP contribution is 2.33. The fourth-order valence-corrected chi connectivity index (χ4v) is 2.06. The first-order chi connectivity index (χ1) is 9.88. The fraction of sp³-hybridized carbons (Fsp3) is 0.214. The minimum Gasteiger partial charge on any atom is -0.476 e. The van der Waals surface area contributed by atoms with Crippen LogP contribution in [0.15, 0.2) is 28.9 Å². The van der Waals surface area contributed by atoms with E-state index in [1.807, 2.05) is 13.8 Å². The third-order valence-electron chi connectivity index (χ3n) is 2.61. The van der Waals surface area contributed by atoms with Gasteiger partial charge in [0, 0.05) is 10.4 Å². The zero-order valence-corrected chi connectivity index (χ0v) is 13.6. The molecule has 2 rings (SSSR count). The van der Waals surface area contributed by atoms with Crippen LogP contribution in [-0.4, -0.2) is 21.0 Å². The molecule has 0 aliphatic rings. The number of aromatic nitrogens is 2. The Kier molecular flexibility index (Phi) is 4.80. The summed E-state index contributed by atoms with van der Waals surface area (Å²) in [7, 11) is 0. The summed E-state index contributed by atoms with van der Waals surface area (Å²) < 4.78 is 6.31. The third kappa shape index (κ3) is 3.71. The molecule has 0 bridgehead atoms. The van der Waals surface area contributed by atoms with Gasteiger partial charge in [0.1, 0.15) is 11.6 Å². The number of carboxylic acid groups (broad SMARTS) is 1. The van der Waals surface area contributed by atoms with Gasteiger partial charge in [0.05, 0.1) is 11.2 Å². The number of halogens is 2. The van der Waals surface area contributed by atoms with Crippen molar-refractivity contribution in [2.45, 2.75) is 19.8 Å². The third-order valence-corrected chi connectivity index (χ3v) is 3.41. The predicted octanol–water partition coefficient (Wildman–Crippen LogP) is 4.51. The van der Waals surface area contributed by atoms with Crippen LogP contribution in [0.2, 0.25) is 5.02 Å². The molecule has 1 aromatic carbocycles. The van der Waals surface area contributed by atoms with Crippen LogP contribution in [0.5, 0.6) is 11.5 Å². The second-order valence-electron chi connectivity index (χ2n) is 4.58. The zero-order chi connectivity index (χ0) is 15.6. The van der Waals surface area contributed by atoms with E-state index in [0.29, 0.717) is 16.6 Å². The average Bonchev–Trinajstić information content (AvgIpc) is 2.42. The molecule has 0 fully saturated rings. The lowest BCUT2D eigenvalue weighted by atomic mass is 10.2. The van der Waals surface area contributed by atoms with Crippen molar-refractivity contribution >= 4 is 33.5 Å². The van der Waals surface area contributed by atoms with Crippen LogP contribution in [0.25, 0.3) is 0 Å². The van der Waals surface area contributed by atoms with E-state index in [4.69, 9.17) is 16.3 Å². The summed E-state index contributed by atoms with van der Waals surface area (Å²) in [6.07, 6.45) is 1.35. The largest absolute Gasteiger partial charge is 0.476 e. The minimum absolute atomic E-state index is 0.0200. The van der Waals surface area contributed by atoms with Crippen LogP contribution < -0.4 is 4.74 Å². The lowest BCUT2D eigenvalue weighted by Crippen LogP contribution is -2.08. The summed E-state index contributed by atoms with van der Waals surface area (Å²) in [5.74, 6) is -0.339. The van der Waals surface area contributed by atoms with Gasteiger partial charge in [-0.05, 0) is 18.2 Å². The van der Waals surface area contributed by atoms with E-state index in [-0.39, 0.29) is 17.4 Å². The van der Waals surface area contributed by atoms with Crippen LogP contribution in [0.3, 0.4) is 0 Å². The van der Waals surface area contributed by atoms with Gasteiger partial charge in [-0.25, -0.2) is 14.8 Å². The Balaban J connectivity index is 2.44. The molecular weight excluding hydrogens is 360 g/mol. The number of aromatic carboxylic acids is 1. The van der Waals surface area contributed by atoms with Crippen LogP contribution in [0, 0.1) is 0 Å². The molecule has 7 heteroatoms. The number of hydrogen-bond acceptors (Lipinski definition) is 4. The highest BCUT2D eigenvalue weighted by Gasteiger charge is 2.18. The SMILES string of the molecule is CC(C)c1ncc(Oc2cc(Br)ccc2Cl)c(C(=O)O)n1. The Morgan fingerprint density at radius 3 is 2.71 bits per heavy atom. The number of carbonyl (C=O) groups is 1. The molecule has 1 aromatic heterocycles. The summed E-state index contributed by atoms with van der Waals surface area (Å²) in [6, 6.07) is 5.04. The summed E-state index contributed by atoms with van der Waals surface area (Å²) in [4.78, 5) is 19.5. The van der Waals surface area contributed by atoms with Gasteiger partial charge in [-0.1, -0.05) is 41.4 Å². The second kappa shape index (κ2) is 6.41. The van der Waals surface area contributed by atoms with Crippen molar-refractivity contribution in [3.63, 3.8) is 0 Å². The van der Waals surface area contributed by atoms with Gasteiger partial charge in [-0.2, -0.15) is 0 Å². The first-order valence-electron chi connectivity index (χ1n) is 6.11. The van der Waals surface area contributed by atoms with Crippen LogP contribution >= 0.6 is 27.5 Å². The van der Waals surface area contributed by atoms with Gasteiger partial charge in [-0.3, -0.25) is 0 Å². The number of benzene rings is 1. The monoisotopic (exact) mass is 370 g/mol. The number of rotatable bonds is 4. The molecule has 21 heavy (non-hydrogen) atoms. The van der Waals surface area contributed by atoms with Crippen molar-refractivity contribution in [1.29, 1.82) is 0 Å². The molecule has 0 saturated carbocycles. The molecule has 1 heterocycles. The van der Waals surface area contributed by atoms with Gasteiger partial charge >= 0.3 is 5.97 Å². The number of carboxylic acids is 1. The summed E-state index contributed by atoms with van der Waals surface area (Å²) in [5, 5.41) is 9.62. The standard InChI is InChI=1S/C14H12BrClN2O3/c1-7(2)13-17-6-11(12(18-13)14(19)20)21-10-5-8(15)3-4-9(10)16/h3-7H,1-2H3,(H,19,20). The van der Waals surface area contributed by atoms with Crippen molar-refractivity contribution in [2.24, 2.45) is 0 Å². The Labute approximate surface area is 135 Å². The van der Waals surface area contributed by atoms with Crippen LogP contribution in [-0.2, 0) is 0 Å². The highest BCUT2D eigenvalue weighted by atomic mass is 79.9. The Bertz CT molecular complexity index is 692. The van der Waals surface area contributed by atoms with Crippen LogP contribution in [0.4, 0.5) is 0 Å². The molecule has 5 nitrogen and oxygen atoms in total. The molecule has 0 aliphatic carbocycles. The van der Waals surface area contributed by atoms with Crippen molar-refractivity contribution in [3.05, 3.63) is 45.4 Å². The first kappa shape index (κ1) is 15.7. The maximum atomic E-state index is 11.3. The van der Waals surface area contributed by atoms with E-state index in [9.17, 15) is 9.90 Å². The average molecular weight is 372 g/mol. The van der Waals surface area contributed by atoms with Gasteiger partial charge < -0.3 is 9.84 Å². The maximum Gasteiger partial charge on any atom is 0.358 e. The quantitative estimate of drug-likeness (QED) is 0.856. The summed E-state index contributed by atoms with van der Waals surface area (Å²) >= 11 is 9.33. The van der Waals surface area contributed by atoms with E-state index < -0.39 is 5.97 Å². The number of ether oxygens (including phenoxy) is 1. The van der Waals surface area contributed by atoms with E-state index in [1.165, 1.54) is 6.20 Å². The zero-order valence-electron chi connectivity index (χ0n) is 11.3. The van der Waals surface area contributed by atoms with Crippen LogP contribution in [0.1, 0.15) is 36.1 Å².